The zero-order chi connectivity index (χ0) is 17.5. The third-order valence-corrected chi connectivity index (χ3v) is 4.34. The smallest absolute Gasteiger partial charge is 0.317 e. The van der Waals surface area contributed by atoms with Crippen molar-refractivity contribution in [2.24, 2.45) is 5.92 Å². The number of carboxylic acids is 1. The fraction of sp³-hybridized carbons (Fsp3) is 0.438. The highest BCUT2D eigenvalue weighted by atomic mass is 79.9. The molecule has 3 N–H and O–H groups in total. The Labute approximate surface area is 148 Å². The maximum absolute atomic E-state index is 12.0. The van der Waals surface area contributed by atoms with E-state index in [2.05, 4.69) is 26.6 Å². The molecule has 8 heteroatoms. The summed E-state index contributed by atoms with van der Waals surface area (Å²) in [6.07, 6.45) is 1.42. The zero-order valence-corrected chi connectivity index (χ0v) is 14.7. The van der Waals surface area contributed by atoms with Crippen molar-refractivity contribution < 1.29 is 19.5 Å². The number of hydrogen-bond acceptors (Lipinski definition) is 3. The molecule has 2 rings (SSSR count). The van der Waals surface area contributed by atoms with Gasteiger partial charge in [0.1, 0.15) is 0 Å². The van der Waals surface area contributed by atoms with E-state index in [4.69, 9.17) is 5.11 Å². The number of likely N-dealkylation sites (tertiary alicyclic amines) is 1. The van der Waals surface area contributed by atoms with Crippen LogP contribution in [0.2, 0.25) is 0 Å². The Kier molecular flexibility index (Phi) is 6.60. The van der Waals surface area contributed by atoms with E-state index in [9.17, 15) is 14.4 Å². The largest absolute Gasteiger partial charge is 0.481 e. The van der Waals surface area contributed by atoms with Crippen LogP contribution in [0.25, 0.3) is 0 Å². The van der Waals surface area contributed by atoms with Gasteiger partial charge in [0.15, 0.2) is 0 Å². The molecule has 0 saturated carbocycles. The molecule has 0 spiro atoms. The van der Waals surface area contributed by atoms with Gasteiger partial charge in [0, 0.05) is 36.2 Å². The SMILES string of the molecule is O=C(CCNC(=O)N1CCCC(C(=O)O)C1)Nc1ccc(Br)cc1. The van der Waals surface area contributed by atoms with Crippen LogP contribution in [0.3, 0.4) is 0 Å². The third kappa shape index (κ3) is 5.52. The fourth-order valence-corrected chi connectivity index (χ4v) is 2.78. The van der Waals surface area contributed by atoms with Crippen LogP contribution in [0.1, 0.15) is 19.3 Å². The molecule has 1 aliphatic rings. The van der Waals surface area contributed by atoms with Gasteiger partial charge in [-0.15, -0.1) is 0 Å². The number of nitrogens with one attached hydrogen (secondary N) is 2. The highest BCUT2D eigenvalue weighted by Crippen LogP contribution is 2.16. The number of anilines is 1. The minimum absolute atomic E-state index is 0.151. The standard InChI is InChI=1S/C16H20BrN3O4/c17-12-3-5-13(6-4-12)19-14(21)7-8-18-16(24)20-9-1-2-11(10-20)15(22)23/h3-6,11H,1-2,7-10H2,(H,18,24)(H,19,21)(H,22,23). The molecule has 1 aromatic rings. The molecule has 24 heavy (non-hydrogen) atoms. The van der Waals surface area contributed by atoms with Gasteiger partial charge in [-0.2, -0.15) is 0 Å². The van der Waals surface area contributed by atoms with Crippen molar-refractivity contribution >= 4 is 39.5 Å². The summed E-state index contributed by atoms with van der Waals surface area (Å²) in [5, 5.41) is 14.4. The van der Waals surface area contributed by atoms with Crippen LogP contribution in [0.15, 0.2) is 28.7 Å². The summed E-state index contributed by atoms with van der Waals surface area (Å²) in [6.45, 7) is 0.961. The first-order valence-electron chi connectivity index (χ1n) is 7.76. The van der Waals surface area contributed by atoms with Gasteiger partial charge in [0.2, 0.25) is 5.91 Å². The Bertz CT molecular complexity index is 606. The van der Waals surface area contributed by atoms with Crippen LogP contribution in [0.5, 0.6) is 0 Å². The number of carbonyl (C=O) groups is 3. The summed E-state index contributed by atoms with van der Waals surface area (Å²) in [6, 6.07) is 6.89. The number of piperidine rings is 1. The molecule has 1 fully saturated rings. The van der Waals surface area contributed by atoms with Gasteiger partial charge in [-0.3, -0.25) is 9.59 Å². The van der Waals surface area contributed by atoms with Crippen LogP contribution in [-0.2, 0) is 9.59 Å². The van der Waals surface area contributed by atoms with Crippen LogP contribution in [0, 0.1) is 5.92 Å². The molecule has 1 saturated heterocycles. The van der Waals surface area contributed by atoms with E-state index >= 15 is 0 Å². The first kappa shape index (κ1) is 18.3. The molecule has 7 nitrogen and oxygen atoms in total. The summed E-state index contributed by atoms with van der Waals surface area (Å²) in [7, 11) is 0. The summed E-state index contributed by atoms with van der Waals surface area (Å²) in [5.74, 6) is -1.58. The lowest BCUT2D eigenvalue weighted by atomic mass is 9.99. The molecule has 0 aromatic heterocycles. The van der Waals surface area contributed by atoms with Crippen LogP contribution in [-0.4, -0.2) is 47.5 Å². The number of benzene rings is 1. The molecule has 0 radical (unpaired) electrons. The average molecular weight is 398 g/mol. The predicted molar refractivity (Wildman–Crippen MR) is 92.7 cm³/mol. The van der Waals surface area contributed by atoms with Gasteiger partial charge in [0.05, 0.1) is 5.92 Å². The first-order chi connectivity index (χ1) is 11.5. The summed E-state index contributed by atoms with van der Waals surface area (Å²) in [5.41, 5.74) is 0.690. The molecule has 1 atom stereocenters. The lowest BCUT2D eigenvalue weighted by molar-refractivity contribution is -0.143. The number of nitrogens with zero attached hydrogens (tertiary/aromatic N) is 1. The van der Waals surface area contributed by atoms with Gasteiger partial charge < -0.3 is 20.6 Å². The minimum Gasteiger partial charge on any atom is -0.481 e. The Morgan fingerprint density at radius 3 is 2.62 bits per heavy atom. The maximum Gasteiger partial charge on any atom is 0.317 e. The Morgan fingerprint density at radius 2 is 1.96 bits per heavy atom. The molecule has 1 unspecified atom stereocenters. The van der Waals surface area contributed by atoms with E-state index in [0.717, 1.165) is 4.47 Å². The van der Waals surface area contributed by atoms with E-state index < -0.39 is 11.9 Å². The number of aliphatic carboxylic acids is 1. The van der Waals surface area contributed by atoms with Crippen molar-refractivity contribution in [1.82, 2.24) is 10.2 Å². The van der Waals surface area contributed by atoms with E-state index in [-0.39, 0.29) is 31.4 Å². The van der Waals surface area contributed by atoms with Crippen molar-refractivity contribution in [3.05, 3.63) is 28.7 Å². The lowest BCUT2D eigenvalue weighted by Gasteiger charge is -2.30. The van der Waals surface area contributed by atoms with Crippen molar-refractivity contribution in [2.45, 2.75) is 19.3 Å². The molecule has 1 aliphatic heterocycles. The number of urea groups is 1. The predicted octanol–water partition coefficient (Wildman–Crippen LogP) is 2.28. The van der Waals surface area contributed by atoms with Crippen molar-refractivity contribution in [3.8, 4) is 0 Å². The molecule has 0 aliphatic carbocycles. The van der Waals surface area contributed by atoms with Crippen molar-refractivity contribution in [2.75, 3.05) is 25.0 Å². The summed E-state index contributed by atoms with van der Waals surface area (Å²) in [4.78, 5) is 36.4. The molecule has 1 heterocycles. The number of amides is 3. The number of carbonyl (C=O) groups excluding carboxylic acids is 2. The third-order valence-electron chi connectivity index (χ3n) is 3.81. The maximum atomic E-state index is 12.0. The topological polar surface area (TPSA) is 98.7 Å². The summed E-state index contributed by atoms with van der Waals surface area (Å²) < 4.78 is 0.925. The van der Waals surface area contributed by atoms with Gasteiger partial charge in [-0.1, -0.05) is 15.9 Å². The van der Waals surface area contributed by atoms with Crippen LogP contribution in [0.4, 0.5) is 10.5 Å². The second kappa shape index (κ2) is 8.68. The lowest BCUT2D eigenvalue weighted by Crippen LogP contribution is -2.47. The Hall–Kier alpha value is -2.09. The van der Waals surface area contributed by atoms with Crippen molar-refractivity contribution in [3.63, 3.8) is 0 Å². The summed E-state index contributed by atoms with van der Waals surface area (Å²) >= 11 is 3.32. The van der Waals surface area contributed by atoms with Gasteiger partial charge >= 0.3 is 12.0 Å². The number of carboxylic acid groups (broad SMARTS) is 1. The monoisotopic (exact) mass is 397 g/mol. The number of rotatable bonds is 5. The highest BCUT2D eigenvalue weighted by Gasteiger charge is 2.27. The Balaban J connectivity index is 1.71. The number of hydrogen-bond donors (Lipinski definition) is 3. The molecule has 0 bridgehead atoms. The first-order valence-corrected chi connectivity index (χ1v) is 8.56. The van der Waals surface area contributed by atoms with Gasteiger partial charge in [-0.05, 0) is 37.1 Å². The highest BCUT2D eigenvalue weighted by molar-refractivity contribution is 9.10. The quantitative estimate of drug-likeness (QED) is 0.709. The molecular weight excluding hydrogens is 378 g/mol. The second-order valence-electron chi connectivity index (χ2n) is 5.66. The van der Waals surface area contributed by atoms with Crippen LogP contribution >= 0.6 is 15.9 Å². The molecule has 1 aromatic carbocycles. The van der Waals surface area contributed by atoms with E-state index in [1.54, 1.807) is 12.1 Å². The normalized spacial score (nSPS) is 17.2. The second-order valence-corrected chi connectivity index (χ2v) is 6.58. The fourth-order valence-electron chi connectivity index (χ4n) is 2.51. The number of halogens is 1. The van der Waals surface area contributed by atoms with E-state index in [1.807, 2.05) is 12.1 Å². The van der Waals surface area contributed by atoms with Crippen molar-refractivity contribution in [1.29, 1.82) is 0 Å². The van der Waals surface area contributed by atoms with Gasteiger partial charge in [-0.25, -0.2) is 4.79 Å². The van der Waals surface area contributed by atoms with E-state index in [1.165, 1.54) is 4.90 Å². The molecular formula is C16H20BrN3O4. The molecule has 3 amide bonds. The molecule has 130 valence electrons. The zero-order valence-electron chi connectivity index (χ0n) is 13.1. The minimum atomic E-state index is -0.874. The van der Waals surface area contributed by atoms with E-state index in [0.29, 0.717) is 25.1 Å². The Morgan fingerprint density at radius 1 is 1.25 bits per heavy atom. The average Bonchev–Trinajstić information content (AvgIpc) is 2.57. The van der Waals surface area contributed by atoms with Gasteiger partial charge in [0.25, 0.3) is 0 Å². The van der Waals surface area contributed by atoms with Crippen LogP contribution < -0.4 is 10.6 Å².